The molecule has 0 radical (unpaired) electrons. The molecule has 0 saturated carbocycles. The Morgan fingerprint density at radius 1 is 1.50 bits per heavy atom. The van der Waals surface area contributed by atoms with Gasteiger partial charge in [0.05, 0.1) is 11.1 Å². The minimum atomic E-state index is 0.274. The van der Waals surface area contributed by atoms with Gasteiger partial charge >= 0.3 is 0 Å². The predicted molar refractivity (Wildman–Crippen MR) is 50.0 cm³/mol. The van der Waals surface area contributed by atoms with Gasteiger partial charge in [-0.05, 0) is 6.07 Å². The van der Waals surface area contributed by atoms with Crippen LogP contribution in [0.5, 0.6) is 0 Å². The van der Waals surface area contributed by atoms with E-state index in [4.69, 9.17) is 11.6 Å². The Labute approximate surface area is 77.8 Å². The lowest BCUT2D eigenvalue weighted by molar-refractivity contribution is 0.112. The monoisotopic (exact) mass is 197 g/mol. The highest BCUT2D eigenvalue weighted by Crippen LogP contribution is 2.21. The first-order chi connectivity index (χ1) is 5.81. The van der Waals surface area contributed by atoms with Crippen LogP contribution < -0.4 is 0 Å². The topological polar surface area (TPSA) is 30.0 Å². The van der Waals surface area contributed by atoms with E-state index in [1.807, 2.05) is 10.8 Å². The van der Waals surface area contributed by atoms with Crippen LogP contribution in [0.4, 0.5) is 0 Å². The molecule has 2 rings (SSSR count). The van der Waals surface area contributed by atoms with Gasteiger partial charge in [-0.1, -0.05) is 11.6 Å². The number of carbonyl (C=O) groups excluding carboxylic acids is 1. The van der Waals surface area contributed by atoms with Crippen LogP contribution >= 0.6 is 22.9 Å². The van der Waals surface area contributed by atoms with Gasteiger partial charge in [0.15, 0.2) is 6.29 Å². The molecule has 0 spiro atoms. The molecule has 0 amide bonds. The molecule has 0 aliphatic rings. The number of hydrogen-bond donors (Lipinski definition) is 0. The highest BCUT2D eigenvalue weighted by atomic mass is 35.5. The lowest BCUT2D eigenvalue weighted by Gasteiger charge is -1.94. The normalized spacial score (nSPS) is 10.4. The molecule has 0 aliphatic carbocycles. The molecular weight excluding hydrogens is 194 g/mol. The number of fused-ring (bicyclic) bond motifs is 1. The maximum Gasteiger partial charge on any atom is 0.153 e. The Bertz CT molecular complexity index is 438. The van der Waals surface area contributed by atoms with Gasteiger partial charge in [-0.15, -0.1) is 11.3 Å². The van der Waals surface area contributed by atoms with Gasteiger partial charge < -0.3 is 0 Å². The Hall–Kier alpha value is -0.930. The molecule has 60 valence electrons. The molecule has 0 unspecified atom stereocenters. The van der Waals surface area contributed by atoms with E-state index in [2.05, 4.69) is 4.98 Å². The fraction of sp³-hybridized carbons (Fsp3) is 0. The Morgan fingerprint density at radius 2 is 2.33 bits per heavy atom. The van der Waals surface area contributed by atoms with Gasteiger partial charge in [-0.25, -0.2) is 4.98 Å². The van der Waals surface area contributed by atoms with Crippen LogP contribution in [0.3, 0.4) is 0 Å². The summed E-state index contributed by atoms with van der Waals surface area (Å²) in [5, 5.41) is 5.07. The molecule has 2 aromatic heterocycles. The molecule has 0 atom stereocenters. The van der Waals surface area contributed by atoms with Crippen LogP contribution in [0.2, 0.25) is 5.15 Å². The molecule has 0 bridgehead atoms. The summed E-state index contributed by atoms with van der Waals surface area (Å²) in [7, 11) is 0. The number of rotatable bonds is 1. The van der Waals surface area contributed by atoms with Crippen molar-refractivity contribution < 1.29 is 4.79 Å². The van der Waals surface area contributed by atoms with Gasteiger partial charge in [0.25, 0.3) is 0 Å². The van der Waals surface area contributed by atoms with Crippen LogP contribution in [0.1, 0.15) is 10.4 Å². The summed E-state index contributed by atoms with van der Waals surface area (Å²) in [6.07, 6.45) is 0.715. The number of halogens is 1. The average molecular weight is 198 g/mol. The van der Waals surface area contributed by atoms with Gasteiger partial charge in [0.1, 0.15) is 5.15 Å². The van der Waals surface area contributed by atoms with Crippen LogP contribution in [0.15, 0.2) is 16.8 Å². The number of thiophene rings is 1. The molecule has 0 aliphatic heterocycles. The highest BCUT2D eigenvalue weighted by Gasteiger charge is 2.03. The van der Waals surface area contributed by atoms with Crippen molar-refractivity contribution in [2.45, 2.75) is 0 Å². The van der Waals surface area contributed by atoms with E-state index in [-0.39, 0.29) is 5.15 Å². The number of nitrogens with zero attached hydrogens (tertiary/aromatic N) is 1. The van der Waals surface area contributed by atoms with Gasteiger partial charge in [0.2, 0.25) is 0 Å². The van der Waals surface area contributed by atoms with E-state index in [0.29, 0.717) is 11.8 Å². The average Bonchev–Trinajstić information content (AvgIpc) is 2.49. The van der Waals surface area contributed by atoms with Crippen LogP contribution in [0, 0.1) is 0 Å². The smallest absolute Gasteiger partial charge is 0.153 e. The van der Waals surface area contributed by atoms with Crippen molar-refractivity contribution in [3.63, 3.8) is 0 Å². The molecule has 4 heteroatoms. The molecule has 2 aromatic rings. The van der Waals surface area contributed by atoms with E-state index >= 15 is 0 Å². The number of hydrogen-bond acceptors (Lipinski definition) is 3. The van der Waals surface area contributed by atoms with Crippen molar-refractivity contribution >= 4 is 40.1 Å². The zero-order chi connectivity index (χ0) is 8.55. The van der Waals surface area contributed by atoms with Gasteiger partial charge in [0, 0.05) is 16.1 Å². The van der Waals surface area contributed by atoms with E-state index < -0.39 is 0 Å². The summed E-state index contributed by atoms with van der Waals surface area (Å²) in [5.41, 5.74) is 1.29. The van der Waals surface area contributed by atoms with Gasteiger partial charge in [-0.2, -0.15) is 0 Å². The van der Waals surface area contributed by atoms with Gasteiger partial charge in [-0.3, -0.25) is 4.79 Å². The van der Waals surface area contributed by atoms with Crippen molar-refractivity contribution in [2.75, 3.05) is 0 Å². The van der Waals surface area contributed by atoms with Crippen LogP contribution in [-0.4, -0.2) is 11.3 Å². The third kappa shape index (κ3) is 1.11. The maximum atomic E-state index is 10.5. The highest BCUT2D eigenvalue weighted by molar-refractivity contribution is 7.09. The second kappa shape index (κ2) is 2.84. The second-order valence-electron chi connectivity index (χ2n) is 2.33. The molecule has 2 nitrogen and oxygen atoms in total. The van der Waals surface area contributed by atoms with E-state index in [1.54, 1.807) is 17.4 Å². The summed E-state index contributed by atoms with van der Waals surface area (Å²) in [6.45, 7) is 0. The molecule has 12 heavy (non-hydrogen) atoms. The largest absolute Gasteiger partial charge is 0.298 e. The Balaban J connectivity index is 2.81. The zero-order valence-corrected chi connectivity index (χ0v) is 7.52. The molecule has 2 heterocycles. The Morgan fingerprint density at radius 3 is 3.08 bits per heavy atom. The molecular formula is C8H4ClNOS. The third-order valence-electron chi connectivity index (χ3n) is 1.57. The zero-order valence-electron chi connectivity index (χ0n) is 5.95. The van der Waals surface area contributed by atoms with Crippen molar-refractivity contribution in [1.29, 1.82) is 0 Å². The molecule has 0 saturated heterocycles. The third-order valence-corrected chi connectivity index (χ3v) is 2.62. The first-order valence-corrected chi connectivity index (χ1v) is 4.61. The van der Waals surface area contributed by atoms with Crippen molar-refractivity contribution in [3.05, 3.63) is 27.5 Å². The lowest BCUT2D eigenvalue weighted by Crippen LogP contribution is -1.85. The molecule has 0 aromatic carbocycles. The standard InChI is InChI=1S/C8H4ClNOS/c9-8-5(2-11)1-6-3-12-4-7(6)10-8/h1-4H. The SMILES string of the molecule is O=Cc1cc2cscc2nc1Cl. The molecule has 0 fully saturated rings. The van der Waals surface area contributed by atoms with Crippen LogP contribution in [0.25, 0.3) is 10.9 Å². The summed E-state index contributed by atoms with van der Waals surface area (Å²) >= 11 is 7.27. The Kier molecular flexibility index (Phi) is 1.83. The van der Waals surface area contributed by atoms with E-state index in [9.17, 15) is 4.79 Å². The molecule has 0 N–H and O–H groups in total. The summed E-state index contributed by atoms with van der Waals surface area (Å²) < 4.78 is 0. The summed E-state index contributed by atoms with van der Waals surface area (Å²) in [5.74, 6) is 0. The van der Waals surface area contributed by atoms with Crippen molar-refractivity contribution in [3.8, 4) is 0 Å². The first kappa shape index (κ1) is 7.71. The van der Waals surface area contributed by atoms with E-state index in [1.165, 1.54) is 0 Å². The summed E-state index contributed by atoms with van der Waals surface area (Å²) in [6, 6.07) is 1.74. The van der Waals surface area contributed by atoms with Crippen LogP contribution in [-0.2, 0) is 0 Å². The second-order valence-corrected chi connectivity index (χ2v) is 3.43. The number of pyridine rings is 1. The van der Waals surface area contributed by atoms with E-state index in [0.717, 1.165) is 10.9 Å². The van der Waals surface area contributed by atoms with Crippen molar-refractivity contribution in [2.24, 2.45) is 0 Å². The van der Waals surface area contributed by atoms with Crippen molar-refractivity contribution in [1.82, 2.24) is 4.98 Å². The summed E-state index contributed by atoms with van der Waals surface area (Å²) in [4.78, 5) is 14.5. The maximum absolute atomic E-state index is 10.5. The number of aromatic nitrogens is 1. The fourth-order valence-corrected chi connectivity index (χ4v) is 1.89. The number of aldehydes is 1. The fourth-order valence-electron chi connectivity index (χ4n) is 0.979. The number of carbonyl (C=O) groups is 1. The quantitative estimate of drug-likeness (QED) is 0.520. The lowest BCUT2D eigenvalue weighted by atomic mass is 10.2. The predicted octanol–water partition coefficient (Wildman–Crippen LogP) is 2.76. The first-order valence-electron chi connectivity index (χ1n) is 3.29. The minimum Gasteiger partial charge on any atom is -0.298 e. The minimum absolute atomic E-state index is 0.274.